The van der Waals surface area contributed by atoms with Crippen LogP contribution < -0.4 is 14.8 Å². The van der Waals surface area contributed by atoms with Gasteiger partial charge in [0.15, 0.2) is 0 Å². The zero-order valence-electron chi connectivity index (χ0n) is 15.5. The molecule has 0 saturated carbocycles. The largest absolute Gasteiger partial charge is 0.495 e. The van der Waals surface area contributed by atoms with E-state index >= 15 is 0 Å². The van der Waals surface area contributed by atoms with E-state index in [0.717, 1.165) is 5.56 Å². The Morgan fingerprint density at radius 2 is 1.46 bits per heavy atom. The van der Waals surface area contributed by atoms with Crippen molar-refractivity contribution in [3.05, 3.63) is 83.9 Å². The van der Waals surface area contributed by atoms with Crippen molar-refractivity contribution in [2.24, 2.45) is 0 Å². The molecule has 3 rings (SSSR count). The van der Waals surface area contributed by atoms with Crippen LogP contribution in [0, 0.1) is 6.92 Å². The number of ether oxygens (including phenoxy) is 1. The van der Waals surface area contributed by atoms with Gasteiger partial charge in [-0.1, -0.05) is 30.3 Å². The molecule has 2 N–H and O–H groups in total. The molecule has 0 spiro atoms. The van der Waals surface area contributed by atoms with Gasteiger partial charge in [0, 0.05) is 11.3 Å². The lowest BCUT2D eigenvalue weighted by Crippen LogP contribution is -2.15. The SMILES string of the molecule is COc1ccccc1NS(=O)(=O)c1ccc(C(=O)Nc2ccccc2C)cc1. The third kappa shape index (κ3) is 4.32. The number of hydrogen-bond donors (Lipinski definition) is 2. The van der Waals surface area contributed by atoms with E-state index in [2.05, 4.69) is 10.0 Å². The number of carbonyl (C=O) groups is 1. The van der Waals surface area contributed by atoms with E-state index in [0.29, 0.717) is 22.7 Å². The minimum Gasteiger partial charge on any atom is -0.495 e. The summed E-state index contributed by atoms with van der Waals surface area (Å²) in [6, 6.07) is 19.9. The predicted octanol–water partition coefficient (Wildman–Crippen LogP) is 4.06. The molecule has 0 atom stereocenters. The van der Waals surface area contributed by atoms with Crippen molar-refractivity contribution in [1.29, 1.82) is 0 Å². The fraction of sp³-hybridized carbons (Fsp3) is 0.0952. The van der Waals surface area contributed by atoms with Crippen molar-refractivity contribution >= 4 is 27.3 Å². The molecular formula is C21H20N2O4S. The molecule has 7 heteroatoms. The first-order valence-corrected chi connectivity index (χ1v) is 10.0. The Balaban J connectivity index is 1.78. The van der Waals surface area contributed by atoms with E-state index < -0.39 is 10.0 Å². The van der Waals surface area contributed by atoms with Gasteiger partial charge in [-0.15, -0.1) is 0 Å². The van der Waals surface area contributed by atoms with Gasteiger partial charge in [0.05, 0.1) is 17.7 Å². The average molecular weight is 396 g/mol. The Kier molecular flexibility index (Phi) is 5.65. The van der Waals surface area contributed by atoms with Crippen molar-refractivity contribution < 1.29 is 17.9 Å². The number of nitrogens with one attached hydrogen (secondary N) is 2. The number of anilines is 2. The molecule has 0 heterocycles. The van der Waals surface area contributed by atoms with Gasteiger partial charge >= 0.3 is 0 Å². The van der Waals surface area contributed by atoms with Crippen LogP contribution in [0.5, 0.6) is 5.75 Å². The van der Waals surface area contributed by atoms with Gasteiger partial charge < -0.3 is 10.1 Å². The zero-order valence-corrected chi connectivity index (χ0v) is 16.3. The molecule has 1 amide bonds. The summed E-state index contributed by atoms with van der Waals surface area (Å²) in [4.78, 5) is 12.5. The molecule has 28 heavy (non-hydrogen) atoms. The molecule has 3 aromatic rings. The number of para-hydroxylation sites is 3. The number of methoxy groups -OCH3 is 1. The molecule has 0 aliphatic heterocycles. The van der Waals surface area contributed by atoms with Gasteiger partial charge in [-0.2, -0.15) is 0 Å². The van der Waals surface area contributed by atoms with Crippen molar-refractivity contribution in [2.75, 3.05) is 17.1 Å². The van der Waals surface area contributed by atoms with E-state index in [-0.39, 0.29) is 10.8 Å². The number of sulfonamides is 1. The van der Waals surface area contributed by atoms with Gasteiger partial charge in [-0.05, 0) is 55.0 Å². The Hall–Kier alpha value is -3.32. The van der Waals surface area contributed by atoms with Crippen molar-refractivity contribution in [3.63, 3.8) is 0 Å². The Bertz CT molecular complexity index is 1090. The normalized spacial score (nSPS) is 10.9. The van der Waals surface area contributed by atoms with E-state index in [4.69, 9.17) is 4.74 Å². The lowest BCUT2D eigenvalue weighted by Gasteiger charge is -2.12. The van der Waals surface area contributed by atoms with E-state index in [9.17, 15) is 13.2 Å². The number of carbonyl (C=O) groups excluding carboxylic acids is 1. The minimum absolute atomic E-state index is 0.0471. The number of rotatable bonds is 6. The Labute approximate surface area is 164 Å². The average Bonchev–Trinajstić information content (AvgIpc) is 2.70. The molecule has 3 aromatic carbocycles. The molecular weight excluding hydrogens is 376 g/mol. The van der Waals surface area contributed by atoms with E-state index in [1.165, 1.54) is 31.4 Å². The lowest BCUT2D eigenvalue weighted by atomic mass is 10.1. The van der Waals surface area contributed by atoms with Gasteiger partial charge in [-0.3, -0.25) is 9.52 Å². The summed E-state index contributed by atoms with van der Waals surface area (Å²) >= 11 is 0. The van der Waals surface area contributed by atoms with Crippen molar-refractivity contribution in [3.8, 4) is 5.75 Å². The van der Waals surface area contributed by atoms with Crippen LogP contribution in [0.3, 0.4) is 0 Å². The van der Waals surface area contributed by atoms with Crippen LogP contribution in [-0.4, -0.2) is 21.4 Å². The maximum Gasteiger partial charge on any atom is 0.262 e. The highest BCUT2D eigenvalue weighted by molar-refractivity contribution is 7.92. The van der Waals surface area contributed by atoms with Crippen molar-refractivity contribution in [2.45, 2.75) is 11.8 Å². The maximum absolute atomic E-state index is 12.6. The zero-order chi connectivity index (χ0) is 20.1. The molecule has 0 unspecified atom stereocenters. The first-order valence-electron chi connectivity index (χ1n) is 8.53. The molecule has 0 bridgehead atoms. The molecule has 0 fully saturated rings. The summed E-state index contributed by atoms with van der Waals surface area (Å²) in [6.45, 7) is 1.90. The summed E-state index contributed by atoms with van der Waals surface area (Å²) in [5, 5.41) is 2.82. The molecule has 0 saturated heterocycles. The molecule has 0 aliphatic rings. The number of aryl methyl sites for hydroxylation is 1. The number of hydrogen-bond acceptors (Lipinski definition) is 4. The van der Waals surface area contributed by atoms with Gasteiger partial charge in [-0.25, -0.2) is 8.42 Å². The highest BCUT2D eigenvalue weighted by Crippen LogP contribution is 2.26. The fourth-order valence-electron chi connectivity index (χ4n) is 2.63. The Morgan fingerprint density at radius 1 is 0.857 bits per heavy atom. The molecule has 0 aliphatic carbocycles. The van der Waals surface area contributed by atoms with E-state index in [1.807, 2.05) is 31.2 Å². The summed E-state index contributed by atoms with van der Waals surface area (Å²) in [6.07, 6.45) is 0. The second-order valence-corrected chi connectivity index (χ2v) is 7.78. The van der Waals surface area contributed by atoms with Gasteiger partial charge in [0.2, 0.25) is 0 Å². The summed E-state index contributed by atoms with van der Waals surface area (Å²) in [5.41, 5.74) is 2.35. The predicted molar refractivity (Wildman–Crippen MR) is 109 cm³/mol. The summed E-state index contributed by atoms with van der Waals surface area (Å²) in [7, 11) is -2.35. The smallest absolute Gasteiger partial charge is 0.262 e. The highest BCUT2D eigenvalue weighted by atomic mass is 32.2. The number of benzene rings is 3. The van der Waals surface area contributed by atoms with Crippen LogP contribution in [0.1, 0.15) is 15.9 Å². The third-order valence-electron chi connectivity index (χ3n) is 4.17. The highest BCUT2D eigenvalue weighted by Gasteiger charge is 2.17. The lowest BCUT2D eigenvalue weighted by molar-refractivity contribution is 0.102. The van der Waals surface area contributed by atoms with Crippen molar-refractivity contribution in [1.82, 2.24) is 0 Å². The molecule has 0 radical (unpaired) electrons. The van der Waals surface area contributed by atoms with Crippen LogP contribution in [0.2, 0.25) is 0 Å². The second kappa shape index (κ2) is 8.14. The number of amides is 1. The quantitative estimate of drug-likeness (QED) is 0.658. The van der Waals surface area contributed by atoms with Gasteiger partial charge in [0.1, 0.15) is 5.75 Å². The Morgan fingerprint density at radius 3 is 2.11 bits per heavy atom. The first kappa shape index (κ1) is 19.4. The summed E-state index contributed by atoms with van der Waals surface area (Å²) < 4.78 is 32.9. The monoisotopic (exact) mass is 396 g/mol. The topological polar surface area (TPSA) is 84.5 Å². The molecule has 6 nitrogen and oxygen atoms in total. The van der Waals surface area contributed by atoms with Crippen LogP contribution in [0.4, 0.5) is 11.4 Å². The van der Waals surface area contributed by atoms with E-state index in [1.54, 1.807) is 24.3 Å². The third-order valence-corrected chi connectivity index (χ3v) is 5.55. The minimum atomic E-state index is -3.82. The summed E-state index contributed by atoms with van der Waals surface area (Å²) in [5.74, 6) is 0.108. The van der Waals surface area contributed by atoms with Crippen LogP contribution >= 0.6 is 0 Å². The molecule has 144 valence electrons. The second-order valence-electron chi connectivity index (χ2n) is 6.10. The molecule has 0 aromatic heterocycles. The maximum atomic E-state index is 12.6. The standard InChI is InChI=1S/C21H20N2O4S/c1-15-7-3-4-8-18(15)22-21(24)16-11-13-17(14-12-16)28(25,26)23-19-9-5-6-10-20(19)27-2/h3-14,23H,1-2H3,(H,22,24). The fourth-order valence-corrected chi connectivity index (χ4v) is 3.70. The van der Waals surface area contributed by atoms with Crippen LogP contribution in [0.25, 0.3) is 0 Å². The van der Waals surface area contributed by atoms with Gasteiger partial charge in [0.25, 0.3) is 15.9 Å². The first-order chi connectivity index (χ1) is 13.4. The van der Waals surface area contributed by atoms with Crippen LogP contribution in [0.15, 0.2) is 77.7 Å². The van der Waals surface area contributed by atoms with Crippen LogP contribution in [-0.2, 0) is 10.0 Å².